The fourth-order valence-electron chi connectivity index (χ4n) is 3.64. The molecule has 0 aromatic heterocycles. The molecule has 0 saturated heterocycles. The minimum Gasteiger partial charge on any atom is -0.493 e. The average Bonchev–Trinajstić information content (AvgIpc) is 2.69. The van der Waals surface area contributed by atoms with Crippen LogP contribution in [-0.2, 0) is 20.7 Å². The monoisotopic (exact) mass is 393 g/mol. The average molecular weight is 393 g/mol. The van der Waals surface area contributed by atoms with Crippen LogP contribution in [0.4, 0.5) is 0 Å². The van der Waals surface area contributed by atoms with Gasteiger partial charge in [-0.05, 0) is 36.0 Å². The summed E-state index contributed by atoms with van der Waals surface area (Å²) in [5.41, 5.74) is 0.648. The van der Waals surface area contributed by atoms with Crippen molar-refractivity contribution in [3.05, 3.63) is 17.7 Å². The lowest BCUT2D eigenvalue weighted by atomic mass is 9.78. The van der Waals surface area contributed by atoms with Gasteiger partial charge in [0.1, 0.15) is 0 Å². The van der Waals surface area contributed by atoms with E-state index in [1.54, 1.807) is 12.1 Å². The fraction of sp³-hybridized carbons (Fsp3) is 0.619. The highest BCUT2D eigenvalue weighted by molar-refractivity contribution is 5.81. The van der Waals surface area contributed by atoms with Crippen LogP contribution < -0.4 is 19.5 Å². The van der Waals surface area contributed by atoms with E-state index < -0.39 is 5.97 Å². The highest BCUT2D eigenvalue weighted by atomic mass is 16.5. The summed E-state index contributed by atoms with van der Waals surface area (Å²) in [4.78, 5) is 24.3. The third-order valence-electron chi connectivity index (χ3n) is 5.49. The van der Waals surface area contributed by atoms with E-state index in [0.29, 0.717) is 34.6 Å². The Hall–Kier alpha value is -2.44. The Labute approximate surface area is 166 Å². The first-order valence-corrected chi connectivity index (χ1v) is 9.63. The van der Waals surface area contributed by atoms with Crippen LogP contribution in [0, 0.1) is 11.8 Å². The molecule has 1 amide bonds. The number of esters is 1. The van der Waals surface area contributed by atoms with Gasteiger partial charge in [0.15, 0.2) is 18.1 Å². The van der Waals surface area contributed by atoms with Gasteiger partial charge in [0, 0.05) is 6.04 Å². The number of nitrogens with one attached hydrogen (secondary N) is 1. The zero-order chi connectivity index (χ0) is 20.7. The van der Waals surface area contributed by atoms with Crippen molar-refractivity contribution in [1.29, 1.82) is 0 Å². The van der Waals surface area contributed by atoms with E-state index in [4.69, 9.17) is 18.9 Å². The predicted molar refractivity (Wildman–Crippen MR) is 105 cm³/mol. The number of hydrogen-bond donors (Lipinski definition) is 1. The predicted octanol–water partition coefficient (Wildman–Crippen LogP) is 2.74. The fourth-order valence-corrected chi connectivity index (χ4v) is 3.64. The molecule has 1 aromatic carbocycles. The molecule has 7 nitrogen and oxygen atoms in total. The van der Waals surface area contributed by atoms with Gasteiger partial charge < -0.3 is 24.3 Å². The Balaban J connectivity index is 1.89. The molecule has 156 valence electrons. The van der Waals surface area contributed by atoms with E-state index in [9.17, 15) is 9.59 Å². The minimum absolute atomic E-state index is 0.000853. The molecule has 1 saturated carbocycles. The van der Waals surface area contributed by atoms with Crippen LogP contribution in [-0.4, -0.2) is 45.9 Å². The summed E-state index contributed by atoms with van der Waals surface area (Å²) in [6.07, 6.45) is 3.27. The van der Waals surface area contributed by atoms with Gasteiger partial charge in [0.05, 0.1) is 27.8 Å². The van der Waals surface area contributed by atoms with E-state index in [1.807, 2.05) is 0 Å². The van der Waals surface area contributed by atoms with Gasteiger partial charge in [-0.25, -0.2) is 0 Å². The molecule has 2 rings (SSSR count). The Morgan fingerprint density at radius 1 is 1.04 bits per heavy atom. The second-order valence-electron chi connectivity index (χ2n) is 7.31. The van der Waals surface area contributed by atoms with Crippen molar-refractivity contribution in [2.45, 2.75) is 45.6 Å². The van der Waals surface area contributed by atoms with Gasteiger partial charge in [-0.1, -0.05) is 26.7 Å². The maximum absolute atomic E-state index is 12.2. The molecule has 0 radical (unpaired) electrons. The highest BCUT2D eigenvalue weighted by Gasteiger charge is 2.28. The van der Waals surface area contributed by atoms with Crippen molar-refractivity contribution in [1.82, 2.24) is 5.32 Å². The number of benzene rings is 1. The Bertz CT molecular complexity index is 664. The first kappa shape index (κ1) is 21.9. The van der Waals surface area contributed by atoms with Crippen molar-refractivity contribution in [2.24, 2.45) is 11.8 Å². The molecule has 0 bridgehead atoms. The lowest BCUT2D eigenvalue weighted by Crippen LogP contribution is -2.45. The van der Waals surface area contributed by atoms with E-state index in [-0.39, 0.29) is 25.0 Å². The Morgan fingerprint density at radius 3 is 2.25 bits per heavy atom. The summed E-state index contributed by atoms with van der Waals surface area (Å²) in [6, 6.07) is 3.52. The van der Waals surface area contributed by atoms with Crippen LogP contribution >= 0.6 is 0 Å². The SMILES string of the molecule is COc1cc(CC(=O)OCC(=O)N[C@H]2CCC[C@H](C)[C@@H]2C)cc(OC)c1OC. The topological polar surface area (TPSA) is 83.1 Å². The van der Waals surface area contributed by atoms with Crippen molar-refractivity contribution in [2.75, 3.05) is 27.9 Å². The van der Waals surface area contributed by atoms with Gasteiger partial charge in [-0.2, -0.15) is 0 Å². The summed E-state index contributed by atoms with van der Waals surface area (Å²) in [6.45, 7) is 4.09. The van der Waals surface area contributed by atoms with Gasteiger partial charge in [0.25, 0.3) is 5.91 Å². The molecule has 1 aliphatic carbocycles. The summed E-state index contributed by atoms with van der Waals surface area (Å²) >= 11 is 0. The first-order valence-electron chi connectivity index (χ1n) is 9.63. The number of rotatable bonds is 8. The highest BCUT2D eigenvalue weighted by Crippen LogP contribution is 2.38. The Morgan fingerprint density at radius 2 is 1.68 bits per heavy atom. The van der Waals surface area contributed by atoms with Crippen LogP contribution in [0.15, 0.2) is 12.1 Å². The molecule has 1 N–H and O–H groups in total. The molecule has 0 spiro atoms. The maximum atomic E-state index is 12.2. The number of carbonyl (C=O) groups excluding carboxylic acids is 2. The molecule has 7 heteroatoms. The molecule has 28 heavy (non-hydrogen) atoms. The zero-order valence-electron chi connectivity index (χ0n) is 17.4. The number of amides is 1. The summed E-state index contributed by atoms with van der Waals surface area (Å²) < 4.78 is 21.0. The van der Waals surface area contributed by atoms with E-state index in [1.165, 1.54) is 27.8 Å². The lowest BCUT2D eigenvalue weighted by Gasteiger charge is -2.34. The molecule has 3 atom stereocenters. The lowest BCUT2D eigenvalue weighted by molar-refractivity contribution is -0.148. The molecule has 0 heterocycles. The largest absolute Gasteiger partial charge is 0.493 e. The van der Waals surface area contributed by atoms with Crippen LogP contribution in [0.3, 0.4) is 0 Å². The summed E-state index contributed by atoms with van der Waals surface area (Å²) in [5, 5.41) is 3.00. The molecular formula is C21H31NO6. The van der Waals surface area contributed by atoms with Crippen LogP contribution in [0.1, 0.15) is 38.7 Å². The number of hydrogen-bond acceptors (Lipinski definition) is 6. The third-order valence-corrected chi connectivity index (χ3v) is 5.49. The summed E-state index contributed by atoms with van der Waals surface area (Å²) in [5.74, 6) is 1.64. The third kappa shape index (κ3) is 5.53. The molecule has 1 aliphatic rings. The van der Waals surface area contributed by atoms with Gasteiger partial charge in [-0.15, -0.1) is 0 Å². The number of methoxy groups -OCH3 is 3. The normalized spacial score (nSPS) is 21.5. The van der Waals surface area contributed by atoms with Crippen molar-refractivity contribution in [3.63, 3.8) is 0 Å². The smallest absolute Gasteiger partial charge is 0.310 e. The van der Waals surface area contributed by atoms with E-state index in [0.717, 1.165) is 12.8 Å². The molecule has 1 fully saturated rings. The van der Waals surface area contributed by atoms with Crippen molar-refractivity contribution in [3.8, 4) is 17.2 Å². The number of carbonyl (C=O) groups is 2. The number of ether oxygens (including phenoxy) is 4. The van der Waals surface area contributed by atoms with Crippen molar-refractivity contribution >= 4 is 11.9 Å². The maximum Gasteiger partial charge on any atom is 0.310 e. The van der Waals surface area contributed by atoms with Crippen molar-refractivity contribution < 1.29 is 28.5 Å². The van der Waals surface area contributed by atoms with Crippen LogP contribution in [0.25, 0.3) is 0 Å². The van der Waals surface area contributed by atoms with E-state index in [2.05, 4.69) is 19.2 Å². The van der Waals surface area contributed by atoms with Crippen LogP contribution in [0.2, 0.25) is 0 Å². The molecule has 1 aromatic rings. The first-order chi connectivity index (χ1) is 13.4. The minimum atomic E-state index is -0.491. The molecule has 0 unspecified atom stereocenters. The van der Waals surface area contributed by atoms with Gasteiger partial charge >= 0.3 is 5.97 Å². The molecular weight excluding hydrogens is 362 g/mol. The second kappa shape index (κ2) is 10.2. The standard InChI is InChI=1S/C21H31NO6/c1-13-7-6-8-16(14(13)2)22-19(23)12-28-20(24)11-15-9-17(25-3)21(27-5)18(10-15)26-4/h9-10,13-14,16H,6-8,11-12H2,1-5H3,(H,22,23)/t13-,14-,16-/m0/s1. The zero-order valence-corrected chi connectivity index (χ0v) is 17.4. The second-order valence-corrected chi connectivity index (χ2v) is 7.31. The molecule has 0 aliphatic heterocycles. The Kier molecular flexibility index (Phi) is 7.96. The quantitative estimate of drug-likeness (QED) is 0.684. The van der Waals surface area contributed by atoms with Crippen LogP contribution in [0.5, 0.6) is 17.2 Å². The van der Waals surface area contributed by atoms with Gasteiger partial charge in [0.2, 0.25) is 5.75 Å². The summed E-state index contributed by atoms with van der Waals surface area (Å²) in [7, 11) is 4.54. The van der Waals surface area contributed by atoms with Gasteiger partial charge in [-0.3, -0.25) is 9.59 Å². The van der Waals surface area contributed by atoms with E-state index >= 15 is 0 Å².